The Kier molecular flexibility index (Phi) is 1.34. The second kappa shape index (κ2) is 2.35. The van der Waals surface area contributed by atoms with Gasteiger partial charge >= 0.3 is 0 Å². The summed E-state index contributed by atoms with van der Waals surface area (Å²) in [5, 5.41) is 2.78. The van der Waals surface area contributed by atoms with Crippen LogP contribution in [0.15, 0.2) is 24.3 Å². The molecule has 2 unspecified atom stereocenters. The van der Waals surface area contributed by atoms with Crippen LogP contribution in [0.25, 0.3) is 0 Å². The molecule has 3 rings (SSSR count). The van der Waals surface area contributed by atoms with E-state index in [-0.39, 0.29) is 23.1 Å². The van der Waals surface area contributed by atoms with Gasteiger partial charge in [-0.2, -0.15) is 0 Å². The molecule has 0 radical (unpaired) electrons. The standard InChI is InChI=1S/C11H10FNO/c12-9-4-2-1-3-7(9)11-5-8(11)10(14)13-6-11/h1-4,8H,5-6H2,(H,13,14). The minimum Gasteiger partial charge on any atom is -0.355 e. The maximum Gasteiger partial charge on any atom is 0.224 e. The minimum atomic E-state index is -0.220. The number of amides is 1. The normalized spacial score (nSPS) is 33.8. The van der Waals surface area contributed by atoms with E-state index in [1.54, 1.807) is 12.1 Å². The van der Waals surface area contributed by atoms with Crippen molar-refractivity contribution < 1.29 is 9.18 Å². The molecule has 0 aromatic heterocycles. The van der Waals surface area contributed by atoms with Gasteiger partial charge < -0.3 is 5.32 Å². The molecule has 2 aliphatic rings. The van der Waals surface area contributed by atoms with Gasteiger partial charge in [0.15, 0.2) is 0 Å². The van der Waals surface area contributed by atoms with E-state index in [2.05, 4.69) is 5.32 Å². The van der Waals surface area contributed by atoms with Gasteiger partial charge in [0, 0.05) is 12.0 Å². The average molecular weight is 191 g/mol. The maximum absolute atomic E-state index is 13.5. The third kappa shape index (κ3) is 0.820. The molecule has 1 aliphatic heterocycles. The maximum atomic E-state index is 13.5. The second-order valence-corrected chi connectivity index (χ2v) is 4.11. The number of carbonyl (C=O) groups excluding carboxylic acids is 1. The molecule has 1 saturated heterocycles. The second-order valence-electron chi connectivity index (χ2n) is 4.11. The Morgan fingerprint density at radius 3 is 2.79 bits per heavy atom. The van der Waals surface area contributed by atoms with Crippen molar-refractivity contribution in [3.05, 3.63) is 35.6 Å². The fourth-order valence-corrected chi connectivity index (χ4v) is 2.47. The summed E-state index contributed by atoms with van der Waals surface area (Å²) in [6.07, 6.45) is 0.805. The van der Waals surface area contributed by atoms with Gasteiger partial charge in [-0.25, -0.2) is 4.39 Å². The number of rotatable bonds is 1. The summed E-state index contributed by atoms with van der Waals surface area (Å²) in [4.78, 5) is 11.3. The number of piperidine rings is 1. The first-order valence-corrected chi connectivity index (χ1v) is 4.77. The summed E-state index contributed by atoms with van der Waals surface area (Å²) in [5.74, 6) is -0.0980. The first-order valence-electron chi connectivity index (χ1n) is 4.77. The molecule has 1 aliphatic carbocycles. The zero-order chi connectivity index (χ0) is 9.76. The molecule has 2 fully saturated rings. The van der Waals surface area contributed by atoms with Gasteiger partial charge in [0.1, 0.15) is 5.82 Å². The summed E-state index contributed by atoms with van der Waals surface area (Å²) < 4.78 is 13.5. The van der Waals surface area contributed by atoms with Crippen LogP contribution in [0.1, 0.15) is 12.0 Å². The van der Waals surface area contributed by atoms with Crippen LogP contribution in [0, 0.1) is 11.7 Å². The molecule has 72 valence electrons. The molecule has 1 heterocycles. The van der Waals surface area contributed by atoms with Crippen molar-refractivity contribution in [3.8, 4) is 0 Å². The van der Waals surface area contributed by atoms with Gasteiger partial charge in [0.05, 0.1) is 5.92 Å². The molecule has 1 saturated carbocycles. The predicted molar refractivity (Wildman–Crippen MR) is 49.2 cm³/mol. The largest absolute Gasteiger partial charge is 0.355 e. The zero-order valence-corrected chi connectivity index (χ0v) is 7.59. The number of halogens is 1. The van der Waals surface area contributed by atoms with E-state index in [4.69, 9.17) is 0 Å². The molecule has 1 aromatic carbocycles. The summed E-state index contributed by atoms with van der Waals surface area (Å²) in [7, 11) is 0. The van der Waals surface area contributed by atoms with Gasteiger partial charge in [0.25, 0.3) is 0 Å². The van der Waals surface area contributed by atoms with E-state index in [0.29, 0.717) is 12.1 Å². The predicted octanol–water partition coefficient (Wildman–Crippen LogP) is 1.21. The van der Waals surface area contributed by atoms with Crippen molar-refractivity contribution >= 4 is 5.91 Å². The fraction of sp³-hybridized carbons (Fsp3) is 0.364. The van der Waals surface area contributed by atoms with Crippen molar-refractivity contribution in [2.24, 2.45) is 5.92 Å². The quantitative estimate of drug-likeness (QED) is 0.710. The molecule has 0 bridgehead atoms. The minimum absolute atomic E-state index is 0.0133. The Balaban J connectivity index is 2.06. The Morgan fingerprint density at radius 2 is 2.21 bits per heavy atom. The third-order valence-electron chi connectivity index (χ3n) is 3.38. The topological polar surface area (TPSA) is 29.1 Å². The van der Waals surface area contributed by atoms with Crippen molar-refractivity contribution in [1.82, 2.24) is 5.32 Å². The van der Waals surface area contributed by atoms with Crippen LogP contribution >= 0.6 is 0 Å². The molecule has 1 amide bonds. The van der Waals surface area contributed by atoms with E-state index in [9.17, 15) is 9.18 Å². The molecular formula is C11H10FNO. The van der Waals surface area contributed by atoms with Crippen molar-refractivity contribution in [3.63, 3.8) is 0 Å². The molecule has 3 heteroatoms. The Morgan fingerprint density at radius 1 is 1.43 bits per heavy atom. The first-order chi connectivity index (χ1) is 6.74. The molecule has 1 N–H and O–H groups in total. The number of nitrogens with one attached hydrogen (secondary N) is 1. The van der Waals surface area contributed by atoms with Gasteiger partial charge in [-0.3, -0.25) is 4.79 Å². The Hall–Kier alpha value is -1.38. The number of fused-ring (bicyclic) bond motifs is 1. The monoisotopic (exact) mass is 191 g/mol. The highest BCUT2D eigenvalue weighted by Gasteiger charge is 2.64. The first kappa shape index (κ1) is 7.97. The Labute approximate surface area is 81.1 Å². The van der Waals surface area contributed by atoms with Crippen LogP contribution in [0.3, 0.4) is 0 Å². The van der Waals surface area contributed by atoms with E-state index in [1.165, 1.54) is 6.07 Å². The van der Waals surface area contributed by atoms with E-state index < -0.39 is 0 Å². The van der Waals surface area contributed by atoms with Crippen LogP contribution in [0.5, 0.6) is 0 Å². The zero-order valence-electron chi connectivity index (χ0n) is 7.59. The summed E-state index contributed by atoms with van der Waals surface area (Å²) in [6, 6.07) is 6.75. The summed E-state index contributed by atoms with van der Waals surface area (Å²) >= 11 is 0. The average Bonchev–Trinajstić information content (AvgIpc) is 2.84. The highest BCUT2D eigenvalue weighted by atomic mass is 19.1. The van der Waals surface area contributed by atoms with Gasteiger partial charge in [-0.1, -0.05) is 18.2 Å². The smallest absolute Gasteiger partial charge is 0.224 e. The lowest BCUT2D eigenvalue weighted by Gasteiger charge is -2.11. The van der Waals surface area contributed by atoms with Crippen LogP contribution in [0.4, 0.5) is 4.39 Å². The molecule has 2 atom stereocenters. The number of hydrogen-bond donors (Lipinski definition) is 1. The number of hydrogen-bond acceptors (Lipinski definition) is 1. The lowest BCUT2D eigenvalue weighted by Crippen LogP contribution is -2.22. The van der Waals surface area contributed by atoms with Crippen molar-refractivity contribution in [1.29, 1.82) is 0 Å². The summed E-state index contributed by atoms with van der Waals surface area (Å²) in [6.45, 7) is 0.595. The van der Waals surface area contributed by atoms with Gasteiger partial charge in [0.2, 0.25) is 5.91 Å². The van der Waals surface area contributed by atoms with Crippen LogP contribution < -0.4 is 5.32 Å². The SMILES string of the molecule is O=C1NCC2(c3ccccc3F)CC12. The molecule has 14 heavy (non-hydrogen) atoms. The van der Waals surface area contributed by atoms with Gasteiger partial charge in [-0.05, 0) is 18.1 Å². The van der Waals surface area contributed by atoms with Crippen LogP contribution in [-0.4, -0.2) is 12.5 Å². The molecule has 0 spiro atoms. The third-order valence-corrected chi connectivity index (χ3v) is 3.38. The molecule has 2 nitrogen and oxygen atoms in total. The number of benzene rings is 1. The van der Waals surface area contributed by atoms with Crippen molar-refractivity contribution in [2.45, 2.75) is 11.8 Å². The van der Waals surface area contributed by atoms with Crippen molar-refractivity contribution in [2.75, 3.05) is 6.54 Å². The highest BCUT2D eigenvalue weighted by molar-refractivity contribution is 5.88. The molecular weight excluding hydrogens is 181 g/mol. The molecule has 1 aromatic rings. The fourth-order valence-electron chi connectivity index (χ4n) is 2.47. The van der Waals surface area contributed by atoms with Crippen LogP contribution in [0.2, 0.25) is 0 Å². The van der Waals surface area contributed by atoms with Gasteiger partial charge in [-0.15, -0.1) is 0 Å². The van der Waals surface area contributed by atoms with E-state index in [1.807, 2.05) is 6.07 Å². The lowest BCUT2D eigenvalue weighted by atomic mass is 9.95. The Bertz CT molecular complexity index is 418. The number of carbonyl (C=O) groups is 1. The van der Waals surface area contributed by atoms with E-state index >= 15 is 0 Å². The summed E-state index contributed by atoms with van der Waals surface area (Å²) in [5.41, 5.74) is 0.478. The lowest BCUT2D eigenvalue weighted by molar-refractivity contribution is -0.120. The van der Waals surface area contributed by atoms with E-state index in [0.717, 1.165) is 6.42 Å². The highest BCUT2D eigenvalue weighted by Crippen LogP contribution is 2.57. The van der Waals surface area contributed by atoms with Crippen LogP contribution in [-0.2, 0) is 10.2 Å².